The molecule has 0 saturated carbocycles. The summed E-state index contributed by atoms with van der Waals surface area (Å²) in [5.41, 5.74) is 5.82. The third-order valence-electron chi connectivity index (χ3n) is 1.64. The van der Waals surface area contributed by atoms with Crippen LogP contribution in [0, 0.1) is 0 Å². The van der Waals surface area contributed by atoms with Gasteiger partial charge in [0.2, 0.25) is 0 Å². The summed E-state index contributed by atoms with van der Waals surface area (Å²) in [5.74, 6) is 0.00472. The molecule has 0 amide bonds. The monoisotopic (exact) mass is 240 g/mol. The second-order valence-corrected chi connectivity index (χ2v) is 3.22. The Labute approximate surface area is 98.2 Å². The molecule has 0 aromatic carbocycles. The first-order valence-electron chi connectivity index (χ1n) is 4.65. The summed E-state index contributed by atoms with van der Waals surface area (Å²) in [6, 6.07) is 0. The van der Waals surface area contributed by atoms with Crippen LogP contribution in [0.15, 0.2) is 12.4 Å². The van der Waals surface area contributed by atoms with Gasteiger partial charge in [0.15, 0.2) is 5.82 Å². The smallest absolute Gasteiger partial charge is 0.325 e. The van der Waals surface area contributed by atoms with E-state index in [1.807, 2.05) is 0 Å². The van der Waals surface area contributed by atoms with Gasteiger partial charge in [0.1, 0.15) is 17.2 Å². The van der Waals surface area contributed by atoms with Gasteiger partial charge in [0, 0.05) is 12.4 Å². The first kappa shape index (κ1) is 12.3. The average molecular weight is 240 g/mol. The predicted molar refractivity (Wildman–Crippen MR) is 63.0 cm³/mol. The topological polar surface area (TPSA) is 90.1 Å². The lowest BCUT2D eigenvalue weighted by molar-refractivity contribution is -0.140. The van der Waals surface area contributed by atoms with Crippen molar-refractivity contribution in [3.63, 3.8) is 0 Å². The molecule has 1 aromatic rings. The Balaban J connectivity index is 2.66. The molecule has 0 atom stereocenters. The summed E-state index contributed by atoms with van der Waals surface area (Å²) >= 11 is 4.80. The summed E-state index contributed by atoms with van der Waals surface area (Å²) in [6.45, 7) is 2.08. The van der Waals surface area contributed by atoms with Crippen LogP contribution in [-0.4, -0.2) is 34.1 Å². The molecule has 1 rings (SSSR count). The van der Waals surface area contributed by atoms with Gasteiger partial charge in [-0.05, 0) is 6.92 Å². The van der Waals surface area contributed by atoms with E-state index in [9.17, 15) is 4.79 Å². The number of nitrogens with zero attached hydrogens (tertiary/aromatic N) is 2. The van der Waals surface area contributed by atoms with E-state index >= 15 is 0 Å². The van der Waals surface area contributed by atoms with Crippen LogP contribution in [-0.2, 0) is 9.53 Å². The van der Waals surface area contributed by atoms with Gasteiger partial charge < -0.3 is 15.8 Å². The zero-order chi connectivity index (χ0) is 12.0. The van der Waals surface area contributed by atoms with E-state index in [1.165, 1.54) is 12.4 Å². The van der Waals surface area contributed by atoms with Gasteiger partial charge in [0.05, 0.1) is 6.61 Å². The first-order chi connectivity index (χ1) is 7.65. The van der Waals surface area contributed by atoms with Crippen LogP contribution in [0.1, 0.15) is 12.6 Å². The molecule has 0 saturated heterocycles. The van der Waals surface area contributed by atoms with Gasteiger partial charge >= 0.3 is 5.97 Å². The molecule has 0 unspecified atom stereocenters. The molecule has 7 heteroatoms. The molecule has 16 heavy (non-hydrogen) atoms. The number of ether oxygens (including phenoxy) is 1. The van der Waals surface area contributed by atoms with E-state index in [0.29, 0.717) is 18.1 Å². The SMILES string of the molecule is CCOC(=O)CNc1nccnc1C(N)=S. The van der Waals surface area contributed by atoms with Crippen LogP contribution >= 0.6 is 12.2 Å². The van der Waals surface area contributed by atoms with Crippen molar-refractivity contribution in [2.45, 2.75) is 6.92 Å². The highest BCUT2D eigenvalue weighted by Gasteiger charge is 2.09. The van der Waals surface area contributed by atoms with E-state index in [2.05, 4.69) is 15.3 Å². The van der Waals surface area contributed by atoms with Gasteiger partial charge in [-0.25, -0.2) is 9.97 Å². The Kier molecular flexibility index (Phi) is 4.59. The van der Waals surface area contributed by atoms with Crippen molar-refractivity contribution in [1.82, 2.24) is 9.97 Å². The Morgan fingerprint density at radius 1 is 1.56 bits per heavy atom. The quantitative estimate of drug-likeness (QED) is 0.556. The minimum absolute atomic E-state index is 0.00213. The fourth-order valence-corrected chi connectivity index (χ4v) is 1.16. The molecule has 0 fully saturated rings. The van der Waals surface area contributed by atoms with Crippen LogP contribution in [0.5, 0.6) is 0 Å². The van der Waals surface area contributed by atoms with E-state index in [4.69, 9.17) is 22.7 Å². The molecule has 1 aromatic heterocycles. The van der Waals surface area contributed by atoms with Gasteiger partial charge in [-0.15, -0.1) is 0 Å². The number of carbonyl (C=O) groups excluding carboxylic acids is 1. The maximum Gasteiger partial charge on any atom is 0.325 e. The zero-order valence-electron chi connectivity index (χ0n) is 8.77. The van der Waals surface area contributed by atoms with Crippen molar-refractivity contribution in [2.24, 2.45) is 5.73 Å². The molecule has 86 valence electrons. The first-order valence-corrected chi connectivity index (χ1v) is 5.06. The lowest BCUT2D eigenvalue weighted by Gasteiger charge is -2.07. The lowest BCUT2D eigenvalue weighted by atomic mass is 10.4. The highest BCUT2D eigenvalue weighted by atomic mass is 32.1. The maximum atomic E-state index is 11.1. The third kappa shape index (κ3) is 3.43. The summed E-state index contributed by atoms with van der Waals surface area (Å²) in [7, 11) is 0. The molecular formula is C9H12N4O2S. The maximum absolute atomic E-state index is 11.1. The van der Waals surface area contributed by atoms with Crippen LogP contribution in [0.4, 0.5) is 5.82 Å². The molecule has 0 bridgehead atoms. The Morgan fingerprint density at radius 3 is 2.88 bits per heavy atom. The van der Waals surface area contributed by atoms with Crippen molar-refractivity contribution >= 4 is 29.0 Å². The van der Waals surface area contributed by atoms with Crippen LogP contribution in [0.3, 0.4) is 0 Å². The molecule has 3 N–H and O–H groups in total. The number of carbonyl (C=O) groups is 1. The summed E-state index contributed by atoms with van der Waals surface area (Å²) in [5, 5.41) is 2.76. The van der Waals surface area contributed by atoms with Crippen molar-refractivity contribution in [1.29, 1.82) is 0 Å². The zero-order valence-corrected chi connectivity index (χ0v) is 9.58. The number of thiocarbonyl (C=S) groups is 1. The Hall–Kier alpha value is -1.76. The molecule has 0 radical (unpaired) electrons. The minimum atomic E-state index is -0.373. The molecule has 0 aliphatic heterocycles. The van der Waals surface area contributed by atoms with Crippen molar-refractivity contribution in [2.75, 3.05) is 18.5 Å². The number of nitrogens with two attached hydrogens (primary N) is 1. The molecule has 1 heterocycles. The standard InChI is InChI=1S/C9H12N4O2S/c1-2-15-6(14)5-13-9-7(8(10)16)11-3-4-12-9/h3-4H,2,5H2,1H3,(H2,10,16)(H,12,13). The number of hydrogen-bond acceptors (Lipinski definition) is 6. The van der Waals surface area contributed by atoms with E-state index < -0.39 is 0 Å². The number of anilines is 1. The van der Waals surface area contributed by atoms with Gasteiger partial charge in [-0.3, -0.25) is 4.79 Å². The molecule has 0 spiro atoms. The summed E-state index contributed by atoms with van der Waals surface area (Å²) in [4.78, 5) is 19.2. The molecule has 6 nitrogen and oxygen atoms in total. The minimum Gasteiger partial charge on any atom is -0.465 e. The van der Waals surface area contributed by atoms with Crippen LogP contribution in [0.25, 0.3) is 0 Å². The second kappa shape index (κ2) is 5.96. The number of nitrogens with one attached hydrogen (secondary N) is 1. The number of esters is 1. The van der Waals surface area contributed by atoms with Crippen molar-refractivity contribution in [3.05, 3.63) is 18.1 Å². The van der Waals surface area contributed by atoms with Crippen molar-refractivity contribution in [3.8, 4) is 0 Å². The second-order valence-electron chi connectivity index (χ2n) is 2.78. The number of aromatic nitrogens is 2. The molecule has 0 aliphatic rings. The predicted octanol–water partition coefficient (Wildman–Crippen LogP) is 0.0858. The van der Waals surface area contributed by atoms with E-state index in [0.717, 1.165) is 0 Å². The summed E-state index contributed by atoms with van der Waals surface area (Å²) in [6.07, 6.45) is 2.96. The number of rotatable bonds is 5. The van der Waals surface area contributed by atoms with Gasteiger partial charge in [-0.1, -0.05) is 12.2 Å². The van der Waals surface area contributed by atoms with Gasteiger partial charge in [0.25, 0.3) is 0 Å². The lowest BCUT2D eigenvalue weighted by Crippen LogP contribution is -2.21. The third-order valence-corrected chi connectivity index (χ3v) is 1.83. The van der Waals surface area contributed by atoms with Gasteiger partial charge in [-0.2, -0.15) is 0 Å². The largest absolute Gasteiger partial charge is 0.465 e. The van der Waals surface area contributed by atoms with Crippen LogP contribution < -0.4 is 11.1 Å². The summed E-state index contributed by atoms with van der Waals surface area (Å²) < 4.78 is 4.75. The highest BCUT2D eigenvalue weighted by Crippen LogP contribution is 2.07. The van der Waals surface area contributed by atoms with Crippen LogP contribution in [0.2, 0.25) is 0 Å². The average Bonchev–Trinajstić information content (AvgIpc) is 2.27. The van der Waals surface area contributed by atoms with E-state index in [1.54, 1.807) is 6.92 Å². The number of hydrogen-bond donors (Lipinski definition) is 2. The highest BCUT2D eigenvalue weighted by molar-refractivity contribution is 7.80. The Bertz CT molecular complexity index is 397. The normalized spacial score (nSPS) is 9.56. The molecule has 0 aliphatic carbocycles. The fraction of sp³-hybridized carbons (Fsp3) is 0.333. The van der Waals surface area contributed by atoms with E-state index in [-0.39, 0.29) is 17.5 Å². The van der Waals surface area contributed by atoms with Crippen molar-refractivity contribution < 1.29 is 9.53 Å². The Morgan fingerprint density at radius 2 is 2.25 bits per heavy atom. The fourth-order valence-electron chi connectivity index (χ4n) is 1.02. The molecular weight excluding hydrogens is 228 g/mol.